The Morgan fingerprint density at radius 3 is 2.27 bits per heavy atom. The number of Topliss-reactive ketones (excluding diaryl/α,β-unsaturated/α-hetero) is 1. The van der Waals surface area contributed by atoms with Crippen molar-refractivity contribution in [2.45, 2.75) is 13.0 Å². The van der Waals surface area contributed by atoms with E-state index < -0.39 is 12.1 Å². The van der Waals surface area contributed by atoms with Crippen molar-refractivity contribution in [3.05, 3.63) is 64.7 Å². The molecule has 0 saturated heterocycles. The van der Waals surface area contributed by atoms with Gasteiger partial charge in [-0.15, -0.1) is 0 Å². The number of carbonyl (C=O) groups excluding carboxylic acids is 2. The van der Waals surface area contributed by atoms with E-state index in [1.54, 1.807) is 55.7 Å². The maximum atomic E-state index is 12.2. The normalized spacial score (nSPS) is 11.8. The fourth-order valence-corrected chi connectivity index (χ4v) is 2.36. The van der Waals surface area contributed by atoms with E-state index in [2.05, 4.69) is 0 Å². The van der Waals surface area contributed by atoms with E-state index in [4.69, 9.17) is 25.8 Å². The number of hydrogen-bond acceptors (Lipinski definition) is 5. The fraction of sp³-hybridized carbons (Fsp3) is 0.200. The Labute approximate surface area is 157 Å². The highest BCUT2D eigenvalue weighted by atomic mass is 35.5. The van der Waals surface area contributed by atoms with Crippen LogP contribution in [-0.4, -0.2) is 32.1 Å². The first kappa shape index (κ1) is 19.5. The van der Waals surface area contributed by atoms with Crippen LogP contribution >= 0.6 is 11.6 Å². The first-order valence-corrected chi connectivity index (χ1v) is 8.23. The molecule has 2 aromatic carbocycles. The van der Waals surface area contributed by atoms with E-state index in [0.717, 1.165) is 5.56 Å². The fourth-order valence-electron chi connectivity index (χ4n) is 2.24. The van der Waals surface area contributed by atoms with Crippen LogP contribution in [0.4, 0.5) is 0 Å². The molecule has 0 bridgehead atoms. The lowest BCUT2D eigenvalue weighted by molar-refractivity contribution is -0.140. The third-order valence-corrected chi connectivity index (χ3v) is 3.86. The van der Waals surface area contributed by atoms with Gasteiger partial charge in [0.25, 0.3) is 0 Å². The molecule has 6 heteroatoms. The van der Waals surface area contributed by atoms with Gasteiger partial charge in [0.05, 0.1) is 14.2 Å². The number of esters is 1. The van der Waals surface area contributed by atoms with Gasteiger partial charge in [-0.1, -0.05) is 17.7 Å². The zero-order valence-electron chi connectivity index (χ0n) is 14.7. The minimum absolute atomic E-state index is 0.297. The average molecular weight is 375 g/mol. The van der Waals surface area contributed by atoms with Gasteiger partial charge in [0.2, 0.25) is 5.78 Å². The Hall–Kier alpha value is -2.79. The lowest BCUT2D eigenvalue weighted by Gasteiger charge is -2.11. The zero-order chi connectivity index (χ0) is 19.1. The van der Waals surface area contributed by atoms with Crippen LogP contribution in [0.3, 0.4) is 0 Å². The van der Waals surface area contributed by atoms with Gasteiger partial charge >= 0.3 is 5.97 Å². The number of rotatable bonds is 7. The highest BCUT2D eigenvalue weighted by Gasteiger charge is 2.18. The van der Waals surface area contributed by atoms with Crippen molar-refractivity contribution >= 4 is 29.4 Å². The van der Waals surface area contributed by atoms with Crippen molar-refractivity contribution in [3.8, 4) is 11.5 Å². The summed E-state index contributed by atoms with van der Waals surface area (Å²) in [5.41, 5.74) is 1.16. The van der Waals surface area contributed by atoms with E-state index in [9.17, 15) is 9.59 Å². The van der Waals surface area contributed by atoms with E-state index in [1.165, 1.54) is 20.1 Å². The molecule has 0 amide bonds. The van der Waals surface area contributed by atoms with E-state index in [-0.39, 0.29) is 5.78 Å². The molecule has 26 heavy (non-hydrogen) atoms. The monoisotopic (exact) mass is 374 g/mol. The molecule has 136 valence electrons. The highest BCUT2D eigenvalue weighted by molar-refractivity contribution is 6.30. The van der Waals surface area contributed by atoms with Crippen LogP contribution in [0.1, 0.15) is 22.8 Å². The highest BCUT2D eigenvalue weighted by Crippen LogP contribution is 2.28. The van der Waals surface area contributed by atoms with Crippen LogP contribution in [0, 0.1) is 0 Å². The number of methoxy groups -OCH3 is 2. The topological polar surface area (TPSA) is 61.8 Å². The van der Waals surface area contributed by atoms with Gasteiger partial charge < -0.3 is 14.2 Å². The summed E-state index contributed by atoms with van der Waals surface area (Å²) in [5, 5.41) is 0.532. The second kappa shape index (κ2) is 9.06. The molecule has 0 aromatic heterocycles. The Balaban J connectivity index is 2.00. The van der Waals surface area contributed by atoms with Crippen LogP contribution < -0.4 is 9.47 Å². The molecule has 0 heterocycles. The van der Waals surface area contributed by atoms with Crippen molar-refractivity contribution in [1.82, 2.24) is 0 Å². The molecular formula is C20H19ClO5. The van der Waals surface area contributed by atoms with Crippen molar-refractivity contribution in [2.75, 3.05) is 14.2 Å². The predicted octanol–water partition coefficient (Wildman–Crippen LogP) is 4.19. The van der Waals surface area contributed by atoms with Gasteiger partial charge in [0.1, 0.15) is 0 Å². The molecule has 0 aliphatic rings. The van der Waals surface area contributed by atoms with Gasteiger partial charge in [-0.3, -0.25) is 4.79 Å². The van der Waals surface area contributed by atoms with Crippen LogP contribution in [0.15, 0.2) is 48.5 Å². The van der Waals surface area contributed by atoms with Gasteiger partial charge in [-0.05, 0) is 55.0 Å². The molecule has 0 aliphatic carbocycles. The third-order valence-electron chi connectivity index (χ3n) is 3.61. The molecule has 0 radical (unpaired) electrons. The Morgan fingerprint density at radius 1 is 1.00 bits per heavy atom. The molecule has 0 saturated carbocycles. The largest absolute Gasteiger partial charge is 0.493 e. The molecular weight excluding hydrogens is 356 g/mol. The lowest BCUT2D eigenvalue weighted by Crippen LogP contribution is -2.23. The maximum Gasteiger partial charge on any atom is 0.331 e. The van der Waals surface area contributed by atoms with E-state index >= 15 is 0 Å². The van der Waals surface area contributed by atoms with Crippen molar-refractivity contribution in [3.63, 3.8) is 0 Å². The first-order chi connectivity index (χ1) is 12.4. The summed E-state index contributed by atoms with van der Waals surface area (Å²) in [6, 6.07) is 11.6. The molecule has 2 aromatic rings. The minimum atomic E-state index is -0.904. The van der Waals surface area contributed by atoms with Crippen molar-refractivity contribution in [2.24, 2.45) is 0 Å². The summed E-state index contributed by atoms with van der Waals surface area (Å²) in [6.45, 7) is 1.53. The SMILES string of the molecule is COc1ccc(/C=C/C(=O)O[C@@H](C)C(=O)c2ccc(Cl)cc2)cc1OC. The second-order valence-electron chi connectivity index (χ2n) is 5.40. The molecule has 0 unspecified atom stereocenters. The molecule has 2 rings (SSSR count). The molecule has 5 nitrogen and oxygen atoms in total. The number of benzene rings is 2. The number of ether oxygens (including phenoxy) is 3. The number of hydrogen-bond donors (Lipinski definition) is 0. The Morgan fingerprint density at radius 2 is 1.65 bits per heavy atom. The summed E-state index contributed by atoms with van der Waals surface area (Å²) < 4.78 is 15.5. The van der Waals surface area contributed by atoms with Crippen molar-refractivity contribution in [1.29, 1.82) is 0 Å². The molecule has 0 N–H and O–H groups in total. The van der Waals surface area contributed by atoms with Crippen LogP contribution in [0.2, 0.25) is 5.02 Å². The summed E-state index contributed by atoms with van der Waals surface area (Å²) in [7, 11) is 3.08. The maximum absolute atomic E-state index is 12.2. The van der Waals surface area contributed by atoms with E-state index in [1.807, 2.05) is 0 Å². The summed E-state index contributed by atoms with van der Waals surface area (Å²) in [5.74, 6) is 0.229. The van der Waals surface area contributed by atoms with Crippen LogP contribution in [-0.2, 0) is 9.53 Å². The van der Waals surface area contributed by atoms with Gasteiger partial charge in [-0.2, -0.15) is 0 Å². The third kappa shape index (κ3) is 5.10. The molecule has 0 aliphatic heterocycles. The van der Waals surface area contributed by atoms with Crippen LogP contribution in [0.5, 0.6) is 11.5 Å². The van der Waals surface area contributed by atoms with Crippen molar-refractivity contribution < 1.29 is 23.8 Å². The average Bonchev–Trinajstić information content (AvgIpc) is 2.66. The van der Waals surface area contributed by atoms with Crippen LogP contribution in [0.25, 0.3) is 6.08 Å². The Bertz CT molecular complexity index is 811. The van der Waals surface area contributed by atoms with Gasteiger partial charge in [0.15, 0.2) is 17.6 Å². The summed E-state index contributed by atoms with van der Waals surface area (Å²) in [6.07, 6.45) is 1.93. The quantitative estimate of drug-likeness (QED) is 0.413. The van der Waals surface area contributed by atoms with Gasteiger partial charge in [0, 0.05) is 16.7 Å². The number of ketones is 1. The van der Waals surface area contributed by atoms with Gasteiger partial charge in [-0.25, -0.2) is 4.79 Å². The Kier molecular flexibility index (Phi) is 6.81. The minimum Gasteiger partial charge on any atom is -0.493 e. The predicted molar refractivity (Wildman–Crippen MR) is 99.9 cm³/mol. The molecule has 0 fully saturated rings. The summed E-state index contributed by atoms with van der Waals surface area (Å²) in [4.78, 5) is 24.2. The standard InChI is InChI=1S/C20H19ClO5/c1-13(20(23)15-6-8-16(21)9-7-15)26-19(22)11-5-14-4-10-17(24-2)18(12-14)25-3/h4-13H,1-3H3/b11-5+/t13-/m0/s1. The first-order valence-electron chi connectivity index (χ1n) is 7.85. The van der Waals surface area contributed by atoms with E-state index in [0.29, 0.717) is 22.1 Å². The molecule has 1 atom stereocenters. The zero-order valence-corrected chi connectivity index (χ0v) is 15.4. The lowest BCUT2D eigenvalue weighted by atomic mass is 10.1. The summed E-state index contributed by atoms with van der Waals surface area (Å²) >= 11 is 5.80. The smallest absolute Gasteiger partial charge is 0.331 e. The molecule has 0 spiro atoms. The number of halogens is 1. The number of carbonyl (C=O) groups is 2. The second-order valence-corrected chi connectivity index (χ2v) is 5.83.